The van der Waals surface area contributed by atoms with E-state index in [0.717, 1.165) is 48.8 Å². The van der Waals surface area contributed by atoms with Crippen molar-refractivity contribution in [3.8, 4) is 5.88 Å². The van der Waals surface area contributed by atoms with E-state index in [0.29, 0.717) is 6.10 Å². The zero-order valence-electron chi connectivity index (χ0n) is 13.6. The van der Waals surface area contributed by atoms with Crippen molar-refractivity contribution in [1.29, 1.82) is 0 Å². The normalized spacial score (nSPS) is 29.4. The average molecular weight is 288 g/mol. The minimum Gasteiger partial charge on any atom is -0.474 e. The van der Waals surface area contributed by atoms with Crippen LogP contribution in [0.25, 0.3) is 0 Å². The quantitative estimate of drug-likeness (QED) is 0.893. The molecule has 0 saturated heterocycles. The largest absolute Gasteiger partial charge is 0.474 e. The molecule has 3 nitrogen and oxygen atoms in total. The fourth-order valence-electron chi connectivity index (χ4n) is 3.19. The molecular weight excluding hydrogens is 260 g/mol. The van der Waals surface area contributed by atoms with E-state index in [1.165, 1.54) is 24.8 Å². The van der Waals surface area contributed by atoms with Crippen LogP contribution in [0.1, 0.15) is 57.2 Å². The van der Waals surface area contributed by atoms with Crippen LogP contribution in [-0.2, 0) is 6.54 Å². The molecular formula is C18H28N2O. The first-order valence-corrected chi connectivity index (χ1v) is 8.48. The number of aryl methyl sites for hydroxylation is 1. The van der Waals surface area contributed by atoms with Gasteiger partial charge in [0.25, 0.3) is 0 Å². The van der Waals surface area contributed by atoms with Crippen LogP contribution in [0.4, 0.5) is 0 Å². The van der Waals surface area contributed by atoms with E-state index in [4.69, 9.17) is 4.74 Å². The van der Waals surface area contributed by atoms with E-state index in [9.17, 15) is 0 Å². The molecule has 1 heterocycles. The maximum Gasteiger partial charge on any atom is 0.214 e. The lowest BCUT2D eigenvalue weighted by atomic mass is 9.80. The van der Waals surface area contributed by atoms with Gasteiger partial charge >= 0.3 is 0 Å². The molecule has 0 aliphatic heterocycles. The number of pyridine rings is 1. The Bertz CT molecular complexity index is 484. The average Bonchev–Trinajstić information content (AvgIpc) is 3.24. The standard InChI is InChI=1S/C18H28N2O/c1-12-4-7-17(8-13(12)2)21-18-10-15(9-14(3)20-18)11-19-16-5-6-16/h9-10,12-13,16-17,19H,4-8,11H2,1-3H3. The van der Waals surface area contributed by atoms with E-state index in [2.05, 4.69) is 43.2 Å². The lowest BCUT2D eigenvalue weighted by Gasteiger charge is -2.32. The molecule has 3 atom stereocenters. The molecule has 3 unspecified atom stereocenters. The molecule has 0 spiro atoms. The molecule has 2 fully saturated rings. The molecule has 2 aliphatic rings. The maximum absolute atomic E-state index is 6.18. The van der Waals surface area contributed by atoms with Gasteiger partial charge in [0.1, 0.15) is 6.10 Å². The Kier molecular flexibility index (Phi) is 4.48. The summed E-state index contributed by atoms with van der Waals surface area (Å²) in [6.45, 7) is 7.68. The number of nitrogens with zero attached hydrogens (tertiary/aromatic N) is 1. The topological polar surface area (TPSA) is 34.1 Å². The SMILES string of the molecule is Cc1cc(CNC2CC2)cc(OC2CCC(C)C(C)C2)n1. The molecule has 2 saturated carbocycles. The van der Waals surface area contributed by atoms with Crippen molar-refractivity contribution in [3.63, 3.8) is 0 Å². The summed E-state index contributed by atoms with van der Waals surface area (Å²) in [5.74, 6) is 2.40. The fourth-order valence-corrected chi connectivity index (χ4v) is 3.19. The van der Waals surface area contributed by atoms with Crippen molar-refractivity contribution >= 4 is 0 Å². The lowest BCUT2D eigenvalue weighted by Crippen LogP contribution is -2.29. The Morgan fingerprint density at radius 3 is 2.67 bits per heavy atom. The predicted molar refractivity (Wildman–Crippen MR) is 85.4 cm³/mol. The summed E-state index contributed by atoms with van der Waals surface area (Å²) >= 11 is 0. The summed E-state index contributed by atoms with van der Waals surface area (Å²) in [4.78, 5) is 4.56. The highest BCUT2D eigenvalue weighted by Gasteiger charge is 2.26. The number of rotatable bonds is 5. The highest BCUT2D eigenvalue weighted by atomic mass is 16.5. The summed E-state index contributed by atoms with van der Waals surface area (Å²) in [6, 6.07) is 5.02. The number of nitrogens with one attached hydrogen (secondary N) is 1. The highest BCUT2D eigenvalue weighted by molar-refractivity contribution is 5.25. The second-order valence-electron chi connectivity index (χ2n) is 7.12. The Hall–Kier alpha value is -1.09. The molecule has 0 amide bonds. The third-order valence-electron chi connectivity index (χ3n) is 5.00. The molecule has 1 aromatic heterocycles. The summed E-state index contributed by atoms with van der Waals surface area (Å²) in [7, 11) is 0. The molecule has 1 aromatic rings. The molecule has 1 N–H and O–H groups in total. The van der Waals surface area contributed by atoms with Gasteiger partial charge in [-0.15, -0.1) is 0 Å². The maximum atomic E-state index is 6.18. The number of hydrogen-bond acceptors (Lipinski definition) is 3. The highest BCUT2D eigenvalue weighted by Crippen LogP contribution is 2.31. The van der Waals surface area contributed by atoms with Gasteiger partial charge in [0.05, 0.1) is 0 Å². The Labute approximate surface area is 128 Å². The van der Waals surface area contributed by atoms with E-state index in [-0.39, 0.29) is 0 Å². The molecule has 21 heavy (non-hydrogen) atoms. The zero-order chi connectivity index (χ0) is 14.8. The van der Waals surface area contributed by atoms with Crippen molar-refractivity contribution in [2.24, 2.45) is 11.8 Å². The second-order valence-corrected chi connectivity index (χ2v) is 7.12. The Morgan fingerprint density at radius 2 is 1.95 bits per heavy atom. The van der Waals surface area contributed by atoms with E-state index < -0.39 is 0 Å². The first-order valence-electron chi connectivity index (χ1n) is 8.48. The molecule has 0 aromatic carbocycles. The van der Waals surface area contributed by atoms with Crippen molar-refractivity contribution in [3.05, 3.63) is 23.4 Å². The van der Waals surface area contributed by atoms with Crippen molar-refractivity contribution < 1.29 is 4.74 Å². The predicted octanol–water partition coefficient (Wildman–Crippen LogP) is 3.85. The first kappa shape index (κ1) is 14.8. The van der Waals surface area contributed by atoms with Crippen LogP contribution in [0, 0.1) is 18.8 Å². The second kappa shape index (κ2) is 6.35. The monoisotopic (exact) mass is 288 g/mol. The molecule has 0 bridgehead atoms. The summed E-state index contributed by atoms with van der Waals surface area (Å²) < 4.78 is 6.18. The first-order chi connectivity index (χ1) is 10.1. The molecule has 2 aliphatic carbocycles. The fraction of sp³-hybridized carbons (Fsp3) is 0.722. The summed E-state index contributed by atoms with van der Waals surface area (Å²) in [6.07, 6.45) is 6.59. The smallest absolute Gasteiger partial charge is 0.214 e. The number of ether oxygens (including phenoxy) is 1. The van der Waals surface area contributed by atoms with Crippen molar-refractivity contribution in [2.45, 2.75) is 71.6 Å². The van der Waals surface area contributed by atoms with Crippen LogP contribution >= 0.6 is 0 Å². The van der Waals surface area contributed by atoms with Crippen LogP contribution in [-0.4, -0.2) is 17.1 Å². The van der Waals surface area contributed by atoms with Gasteiger partial charge in [0, 0.05) is 24.3 Å². The van der Waals surface area contributed by atoms with Crippen LogP contribution in [0.15, 0.2) is 12.1 Å². The minimum absolute atomic E-state index is 0.342. The third kappa shape index (κ3) is 4.19. The summed E-state index contributed by atoms with van der Waals surface area (Å²) in [5.41, 5.74) is 2.35. The molecule has 0 radical (unpaired) electrons. The van der Waals surface area contributed by atoms with Gasteiger partial charge in [-0.05, 0) is 62.5 Å². The molecule has 116 valence electrons. The summed E-state index contributed by atoms with van der Waals surface area (Å²) in [5, 5.41) is 3.56. The molecule has 3 heteroatoms. The van der Waals surface area contributed by atoms with Gasteiger partial charge in [-0.3, -0.25) is 0 Å². The van der Waals surface area contributed by atoms with Gasteiger partial charge in [-0.25, -0.2) is 4.98 Å². The van der Waals surface area contributed by atoms with Crippen LogP contribution in [0.2, 0.25) is 0 Å². The number of hydrogen-bond donors (Lipinski definition) is 1. The lowest BCUT2D eigenvalue weighted by molar-refractivity contribution is 0.0962. The van der Waals surface area contributed by atoms with Crippen molar-refractivity contribution in [2.75, 3.05) is 0 Å². The van der Waals surface area contributed by atoms with E-state index >= 15 is 0 Å². The van der Waals surface area contributed by atoms with Gasteiger partial charge in [-0.2, -0.15) is 0 Å². The minimum atomic E-state index is 0.342. The van der Waals surface area contributed by atoms with E-state index in [1.54, 1.807) is 0 Å². The van der Waals surface area contributed by atoms with E-state index in [1.807, 2.05) is 0 Å². The zero-order valence-corrected chi connectivity index (χ0v) is 13.6. The van der Waals surface area contributed by atoms with Crippen LogP contribution in [0.5, 0.6) is 5.88 Å². The Balaban J connectivity index is 1.61. The third-order valence-corrected chi connectivity index (χ3v) is 5.00. The molecule has 3 rings (SSSR count). The van der Waals surface area contributed by atoms with Gasteiger partial charge in [0.2, 0.25) is 5.88 Å². The van der Waals surface area contributed by atoms with Gasteiger partial charge < -0.3 is 10.1 Å². The van der Waals surface area contributed by atoms with Crippen LogP contribution in [0.3, 0.4) is 0 Å². The van der Waals surface area contributed by atoms with Gasteiger partial charge in [0.15, 0.2) is 0 Å². The Morgan fingerprint density at radius 1 is 1.14 bits per heavy atom. The van der Waals surface area contributed by atoms with Gasteiger partial charge in [-0.1, -0.05) is 13.8 Å². The van der Waals surface area contributed by atoms with Crippen molar-refractivity contribution in [1.82, 2.24) is 10.3 Å². The number of aromatic nitrogens is 1. The van der Waals surface area contributed by atoms with Crippen LogP contribution < -0.4 is 10.1 Å².